The van der Waals surface area contributed by atoms with Crippen LogP contribution in [0.1, 0.15) is 25.8 Å². The van der Waals surface area contributed by atoms with Crippen molar-refractivity contribution in [3.63, 3.8) is 0 Å². The van der Waals surface area contributed by atoms with Crippen LogP contribution in [0.25, 0.3) is 0 Å². The van der Waals surface area contributed by atoms with Crippen LogP contribution in [-0.4, -0.2) is 21.9 Å². The zero-order chi connectivity index (χ0) is 11.5. The lowest BCUT2D eigenvalue weighted by Gasteiger charge is -2.18. The van der Waals surface area contributed by atoms with Gasteiger partial charge in [-0.2, -0.15) is 5.26 Å². The highest BCUT2D eigenvalue weighted by atomic mass is 32.1. The largest absolute Gasteiger partial charge is 0.444 e. The van der Waals surface area contributed by atoms with Crippen molar-refractivity contribution in [3.8, 4) is 6.07 Å². The van der Waals surface area contributed by atoms with Gasteiger partial charge in [-0.15, -0.1) is 10.2 Å². The highest BCUT2D eigenvalue weighted by molar-refractivity contribution is 7.15. The fraction of sp³-hybridized carbons (Fsp3) is 0.500. The van der Waals surface area contributed by atoms with Crippen LogP contribution in [0, 0.1) is 11.3 Å². The van der Waals surface area contributed by atoms with E-state index < -0.39 is 11.7 Å². The van der Waals surface area contributed by atoms with E-state index in [0.29, 0.717) is 0 Å². The Morgan fingerprint density at radius 1 is 1.53 bits per heavy atom. The first kappa shape index (κ1) is 11.4. The van der Waals surface area contributed by atoms with Crippen LogP contribution in [0.3, 0.4) is 0 Å². The van der Waals surface area contributed by atoms with Crippen molar-refractivity contribution in [1.82, 2.24) is 10.2 Å². The van der Waals surface area contributed by atoms with Gasteiger partial charge in [-0.1, -0.05) is 11.3 Å². The van der Waals surface area contributed by atoms with E-state index >= 15 is 0 Å². The van der Waals surface area contributed by atoms with Crippen molar-refractivity contribution < 1.29 is 9.53 Å². The molecule has 0 saturated carbocycles. The lowest BCUT2D eigenvalue weighted by Crippen LogP contribution is -2.27. The molecule has 0 atom stereocenters. The first-order valence-corrected chi connectivity index (χ1v) is 4.96. The third kappa shape index (κ3) is 3.91. The van der Waals surface area contributed by atoms with Gasteiger partial charge in [-0.05, 0) is 20.8 Å². The molecule has 0 saturated heterocycles. The van der Waals surface area contributed by atoms with Crippen LogP contribution in [0.2, 0.25) is 0 Å². The number of nitrogens with one attached hydrogen (secondary N) is 1. The Bertz CT molecular complexity index is 402. The highest BCUT2D eigenvalue weighted by Gasteiger charge is 2.17. The minimum Gasteiger partial charge on any atom is -0.444 e. The second-order valence-corrected chi connectivity index (χ2v) is 4.63. The number of carbonyl (C=O) groups excluding carboxylic acids is 1. The minimum atomic E-state index is -0.608. The van der Waals surface area contributed by atoms with Gasteiger partial charge in [0.15, 0.2) is 0 Å². The van der Waals surface area contributed by atoms with Crippen molar-refractivity contribution in [2.24, 2.45) is 0 Å². The van der Waals surface area contributed by atoms with E-state index in [-0.39, 0.29) is 10.1 Å². The summed E-state index contributed by atoms with van der Waals surface area (Å²) in [5.74, 6) is 0. The number of amides is 1. The highest BCUT2D eigenvalue weighted by Crippen LogP contribution is 2.15. The second-order valence-electron chi connectivity index (χ2n) is 3.65. The lowest BCUT2D eigenvalue weighted by atomic mass is 10.2. The predicted molar refractivity (Wildman–Crippen MR) is 54.5 cm³/mol. The van der Waals surface area contributed by atoms with E-state index in [1.165, 1.54) is 0 Å². The van der Waals surface area contributed by atoms with Gasteiger partial charge in [0.25, 0.3) is 0 Å². The van der Waals surface area contributed by atoms with Crippen LogP contribution >= 0.6 is 11.3 Å². The molecule has 1 N–H and O–H groups in total. The third-order valence-corrected chi connectivity index (χ3v) is 1.87. The summed E-state index contributed by atoms with van der Waals surface area (Å²) in [5.41, 5.74) is -0.563. The Hall–Kier alpha value is -1.68. The summed E-state index contributed by atoms with van der Waals surface area (Å²) in [5, 5.41) is 18.4. The van der Waals surface area contributed by atoms with Gasteiger partial charge in [-0.3, -0.25) is 5.32 Å². The molecule has 7 heteroatoms. The summed E-state index contributed by atoms with van der Waals surface area (Å²) in [4.78, 5) is 11.2. The SMILES string of the molecule is CC(C)(C)OC(=O)Nc1nnc(C#N)s1. The molecule has 0 spiro atoms. The van der Waals surface area contributed by atoms with Gasteiger partial charge in [-0.25, -0.2) is 4.79 Å². The molecule has 1 aromatic rings. The molecule has 0 aliphatic rings. The first-order chi connectivity index (χ1) is 6.90. The Morgan fingerprint density at radius 2 is 2.20 bits per heavy atom. The molecule has 15 heavy (non-hydrogen) atoms. The number of hydrogen-bond donors (Lipinski definition) is 1. The molecule has 1 amide bonds. The van der Waals surface area contributed by atoms with Crippen LogP contribution in [0.5, 0.6) is 0 Å². The zero-order valence-corrected chi connectivity index (χ0v) is 9.38. The van der Waals surface area contributed by atoms with Crippen LogP contribution in [-0.2, 0) is 4.74 Å². The molecular formula is C8H10N4O2S. The molecule has 1 aromatic heterocycles. The third-order valence-electron chi connectivity index (χ3n) is 1.13. The smallest absolute Gasteiger partial charge is 0.414 e. The number of hydrogen-bond acceptors (Lipinski definition) is 6. The van der Waals surface area contributed by atoms with Crippen molar-refractivity contribution in [1.29, 1.82) is 5.26 Å². The van der Waals surface area contributed by atoms with Gasteiger partial charge in [0.1, 0.15) is 11.7 Å². The van der Waals surface area contributed by atoms with E-state index in [4.69, 9.17) is 10.00 Å². The van der Waals surface area contributed by atoms with Crippen molar-refractivity contribution in [3.05, 3.63) is 5.01 Å². The van der Waals surface area contributed by atoms with E-state index in [2.05, 4.69) is 15.5 Å². The molecule has 0 unspecified atom stereocenters. The normalized spacial score (nSPS) is 10.5. The first-order valence-electron chi connectivity index (χ1n) is 4.14. The van der Waals surface area contributed by atoms with Gasteiger partial charge in [0, 0.05) is 0 Å². The average Bonchev–Trinajstić information content (AvgIpc) is 2.48. The van der Waals surface area contributed by atoms with E-state index in [1.807, 2.05) is 6.07 Å². The van der Waals surface area contributed by atoms with Crippen LogP contribution < -0.4 is 5.32 Å². The summed E-state index contributed by atoms with van der Waals surface area (Å²) >= 11 is 0.992. The Kier molecular flexibility index (Phi) is 3.21. The number of ether oxygens (including phenoxy) is 1. The molecule has 1 heterocycles. The molecule has 0 aliphatic carbocycles. The summed E-state index contributed by atoms with van der Waals surface area (Å²) in [6.45, 7) is 5.27. The molecule has 0 fully saturated rings. The van der Waals surface area contributed by atoms with Crippen LogP contribution in [0.4, 0.5) is 9.93 Å². The molecular weight excluding hydrogens is 216 g/mol. The monoisotopic (exact) mass is 226 g/mol. The van der Waals surface area contributed by atoms with Crippen molar-refractivity contribution in [2.45, 2.75) is 26.4 Å². The Balaban J connectivity index is 2.56. The number of carbonyl (C=O) groups is 1. The van der Waals surface area contributed by atoms with Gasteiger partial charge < -0.3 is 4.74 Å². The summed E-state index contributed by atoms with van der Waals surface area (Å²) in [6, 6.07) is 1.82. The summed E-state index contributed by atoms with van der Waals surface area (Å²) < 4.78 is 4.99. The number of rotatable bonds is 1. The molecule has 6 nitrogen and oxygen atoms in total. The molecule has 0 aliphatic heterocycles. The second kappa shape index (κ2) is 4.23. The maximum absolute atomic E-state index is 11.2. The number of nitrogens with zero attached hydrogens (tertiary/aromatic N) is 3. The van der Waals surface area contributed by atoms with E-state index in [0.717, 1.165) is 11.3 Å². The minimum absolute atomic E-state index is 0.195. The molecule has 0 bridgehead atoms. The summed E-state index contributed by atoms with van der Waals surface area (Å²) in [6.07, 6.45) is -0.608. The van der Waals surface area contributed by atoms with Gasteiger partial charge in [0.2, 0.25) is 10.1 Å². The molecule has 80 valence electrons. The fourth-order valence-electron chi connectivity index (χ4n) is 0.710. The maximum atomic E-state index is 11.2. The number of anilines is 1. The molecule has 1 rings (SSSR count). The Labute approximate surface area is 90.9 Å². The number of aromatic nitrogens is 2. The zero-order valence-electron chi connectivity index (χ0n) is 8.57. The lowest BCUT2D eigenvalue weighted by molar-refractivity contribution is 0.0636. The maximum Gasteiger partial charge on any atom is 0.414 e. The van der Waals surface area contributed by atoms with Gasteiger partial charge in [0.05, 0.1) is 0 Å². The average molecular weight is 226 g/mol. The van der Waals surface area contributed by atoms with E-state index in [1.54, 1.807) is 20.8 Å². The topological polar surface area (TPSA) is 87.9 Å². The molecule has 0 radical (unpaired) electrons. The summed E-state index contributed by atoms with van der Waals surface area (Å²) in [7, 11) is 0. The van der Waals surface area contributed by atoms with Crippen molar-refractivity contribution in [2.75, 3.05) is 5.32 Å². The predicted octanol–water partition coefficient (Wildman–Crippen LogP) is 1.76. The standard InChI is InChI=1S/C8H10N4O2S/c1-8(2,3)14-7(13)10-6-12-11-5(4-9)15-6/h1-3H3,(H,10,12,13). The Morgan fingerprint density at radius 3 is 2.67 bits per heavy atom. The fourth-order valence-corrected chi connectivity index (χ4v) is 1.24. The van der Waals surface area contributed by atoms with Gasteiger partial charge >= 0.3 is 6.09 Å². The molecule has 0 aromatic carbocycles. The van der Waals surface area contributed by atoms with Crippen LogP contribution in [0.15, 0.2) is 0 Å². The quantitative estimate of drug-likeness (QED) is 0.788. The number of nitriles is 1. The van der Waals surface area contributed by atoms with E-state index in [9.17, 15) is 4.79 Å². The van der Waals surface area contributed by atoms with Crippen molar-refractivity contribution >= 4 is 22.6 Å².